The van der Waals surface area contributed by atoms with E-state index >= 15 is 0 Å². The zero-order valence-electron chi connectivity index (χ0n) is 11.1. The van der Waals surface area contributed by atoms with Gasteiger partial charge in [0.15, 0.2) is 0 Å². The third-order valence-electron chi connectivity index (χ3n) is 3.09. The van der Waals surface area contributed by atoms with E-state index in [-0.39, 0.29) is 17.2 Å². The minimum atomic E-state index is -0.253. The molecule has 1 saturated heterocycles. The summed E-state index contributed by atoms with van der Waals surface area (Å²) in [5.41, 5.74) is 0.855. The fourth-order valence-electron chi connectivity index (χ4n) is 2.09. The maximum Gasteiger partial charge on any atom is 0.318 e. The van der Waals surface area contributed by atoms with Crippen LogP contribution in [0.15, 0.2) is 24.3 Å². The Kier molecular flexibility index (Phi) is 5.07. The molecule has 2 rings (SSSR count). The van der Waals surface area contributed by atoms with E-state index in [9.17, 15) is 9.18 Å². The van der Waals surface area contributed by atoms with Crippen LogP contribution in [0, 0.1) is 5.82 Å². The lowest BCUT2D eigenvalue weighted by Crippen LogP contribution is -2.39. The zero-order valence-corrected chi connectivity index (χ0v) is 11.9. The van der Waals surface area contributed by atoms with E-state index in [1.165, 1.54) is 12.1 Å². The largest absolute Gasteiger partial charge is 0.338 e. The van der Waals surface area contributed by atoms with Crippen molar-refractivity contribution in [2.45, 2.75) is 25.1 Å². The molecule has 2 amide bonds. The molecule has 0 aliphatic carbocycles. The monoisotopic (exact) mass is 282 g/mol. The normalized spacial score (nSPS) is 18.6. The number of hydrogen-bond acceptors (Lipinski definition) is 2. The molecule has 0 bridgehead atoms. The first-order valence-electron chi connectivity index (χ1n) is 6.64. The Bertz CT molecular complexity index is 441. The van der Waals surface area contributed by atoms with Gasteiger partial charge in [0.2, 0.25) is 0 Å². The minimum absolute atomic E-state index is 0.0484. The van der Waals surface area contributed by atoms with Gasteiger partial charge in [0, 0.05) is 18.8 Å². The van der Waals surface area contributed by atoms with Crippen molar-refractivity contribution < 1.29 is 9.18 Å². The number of thioether (sulfide) groups is 1. The first kappa shape index (κ1) is 14.2. The van der Waals surface area contributed by atoms with E-state index in [4.69, 9.17) is 0 Å². The van der Waals surface area contributed by atoms with Crippen molar-refractivity contribution in [2.75, 3.05) is 18.8 Å². The number of benzene rings is 1. The number of nitrogens with zero attached hydrogens (tertiary/aromatic N) is 1. The lowest BCUT2D eigenvalue weighted by atomic mass is 10.2. The molecule has 0 aromatic heterocycles. The van der Waals surface area contributed by atoms with Gasteiger partial charge in [-0.2, -0.15) is 0 Å². The van der Waals surface area contributed by atoms with Crippen LogP contribution >= 0.6 is 11.8 Å². The first-order valence-corrected chi connectivity index (χ1v) is 7.68. The number of unbranched alkanes of at least 4 members (excludes halogenated alkanes) is 1. The van der Waals surface area contributed by atoms with Crippen LogP contribution in [0.25, 0.3) is 0 Å². The lowest BCUT2D eigenvalue weighted by Gasteiger charge is -2.24. The quantitative estimate of drug-likeness (QED) is 0.859. The van der Waals surface area contributed by atoms with Gasteiger partial charge in [0.1, 0.15) is 11.2 Å². The van der Waals surface area contributed by atoms with Crippen LogP contribution in [0.1, 0.15) is 30.7 Å². The summed E-state index contributed by atoms with van der Waals surface area (Å²) in [6.45, 7) is 3.50. The van der Waals surface area contributed by atoms with Crippen molar-refractivity contribution in [3.05, 3.63) is 35.6 Å². The second-order valence-corrected chi connectivity index (χ2v) is 5.75. The molecule has 104 valence electrons. The SMILES string of the molecule is CCCCNC(=O)N1CCS[C@@H]1c1cccc(F)c1. The number of halogens is 1. The van der Waals surface area contributed by atoms with Gasteiger partial charge in [-0.05, 0) is 24.1 Å². The third-order valence-corrected chi connectivity index (χ3v) is 4.35. The van der Waals surface area contributed by atoms with Gasteiger partial charge in [0.05, 0.1) is 0 Å². The second-order valence-electron chi connectivity index (χ2n) is 4.56. The van der Waals surface area contributed by atoms with Crippen LogP contribution in [0.5, 0.6) is 0 Å². The van der Waals surface area contributed by atoms with Crippen LogP contribution in [-0.2, 0) is 0 Å². The summed E-state index contributed by atoms with van der Waals surface area (Å²) >= 11 is 1.68. The highest BCUT2D eigenvalue weighted by molar-refractivity contribution is 7.99. The predicted octanol–water partition coefficient (Wildman–Crippen LogP) is 3.38. The Morgan fingerprint density at radius 2 is 2.42 bits per heavy atom. The van der Waals surface area contributed by atoms with E-state index in [0.717, 1.165) is 24.2 Å². The standard InChI is InChI=1S/C14H19FN2OS/c1-2-3-7-16-14(18)17-8-9-19-13(17)11-5-4-6-12(15)10-11/h4-6,10,13H,2-3,7-9H2,1H3,(H,16,18)/t13-/m1/s1. The Hall–Kier alpha value is -1.23. The topological polar surface area (TPSA) is 32.3 Å². The summed E-state index contributed by atoms with van der Waals surface area (Å²) in [6, 6.07) is 6.45. The van der Waals surface area contributed by atoms with E-state index < -0.39 is 0 Å². The maximum absolute atomic E-state index is 13.3. The third kappa shape index (κ3) is 3.62. The van der Waals surface area contributed by atoms with Gasteiger partial charge in [-0.3, -0.25) is 0 Å². The van der Waals surface area contributed by atoms with Gasteiger partial charge in [-0.15, -0.1) is 11.8 Å². The highest BCUT2D eigenvalue weighted by Gasteiger charge is 2.30. The lowest BCUT2D eigenvalue weighted by molar-refractivity contribution is 0.200. The van der Waals surface area contributed by atoms with E-state index in [1.807, 2.05) is 6.07 Å². The Labute approximate surface area is 117 Å². The van der Waals surface area contributed by atoms with Crippen LogP contribution in [0.3, 0.4) is 0 Å². The Morgan fingerprint density at radius 3 is 3.16 bits per heavy atom. The zero-order chi connectivity index (χ0) is 13.7. The molecule has 1 aromatic carbocycles. The molecule has 1 N–H and O–H groups in total. The molecule has 5 heteroatoms. The Morgan fingerprint density at radius 1 is 1.58 bits per heavy atom. The van der Waals surface area contributed by atoms with E-state index in [1.54, 1.807) is 22.7 Å². The highest BCUT2D eigenvalue weighted by atomic mass is 32.2. The van der Waals surface area contributed by atoms with Gasteiger partial charge in [0.25, 0.3) is 0 Å². The molecule has 0 saturated carbocycles. The number of hydrogen-bond donors (Lipinski definition) is 1. The summed E-state index contributed by atoms with van der Waals surface area (Å²) in [7, 11) is 0. The Balaban J connectivity index is 2.02. The molecule has 0 unspecified atom stereocenters. The molecule has 0 spiro atoms. The van der Waals surface area contributed by atoms with Crippen molar-refractivity contribution in [1.29, 1.82) is 0 Å². The molecule has 1 aromatic rings. The van der Waals surface area contributed by atoms with Gasteiger partial charge in [-0.25, -0.2) is 9.18 Å². The van der Waals surface area contributed by atoms with Crippen molar-refractivity contribution in [1.82, 2.24) is 10.2 Å². The van der Waals surface area contributed by atoms with Crippen LogP contribution in [0.4, 0.5) is 9.18 Å². The molecule has 1 heterocycles. The second kappa shape index (κ2) is 6.80. The molecule has 19 heavy (non-hydrogen) atoms. The van der Waals surface area contributed by atoms with Crippen LogP contribution < -0.4 is 5.32 Å². The van der Waals surface area contributed by atoms with Gasteiger partial charge in [-0.1, -0.05) is 25.5 Å². The molecule has 1 atom stereocenters. The summed E-state index contributed by atoms with van der Waals surface area (Å²) in [5, 5.41) is 2.85. The molecule has 1 aliphatic rings. The smallest absolute Gasteiger partial charge is 0.318 e. The molecule has 1 aliphatic heterocycles. The van der Waals surface area contributed by atoms with Crippen molar-refractivity contribution in [3.8, 4) is 0 Å². The number of rotatable bonds is 4. The van der Waals surface area contributed by atoms with Crippen molar-refractivity contribution in [3.63, 3.8) is 0 Å². The molecular formula is C14H19FN2OS. The molecule has 1 fully saturated rings. The fourth-order valence-corrected chi connectivity index (χ4v) is 3.33. The number of nitrogens with one attached hydrogen (secondary N) is 1. The van der Waals surface area contributed by atoms with Gasteiger partial charge < -0.3 is 10.2 Å². The van der Waals surface area contributed by atoms with Crippen molar-refractivity contribution in [2.24, 2.45) is 0 Å². The summed E-state index contributed by atoms with van der Waals surface area (Å²) in [5.74, 6) is 0.638. The number of carbonyl (C=O) groups excluding carboxylic acids is 1. The summed E-state index contributed by atoms with van der Waals surface area (Å²) in [4.78, 5) is 13.9. The van der Waals surface area contributed by atoms with Crippen molar-refractivity contribution >= 4 is 17.8 Å². The predicted molar refractivity (Wildman–Crippen MR) is 76.6 cm³/mol. The summed E-state index contributed by atoms with van der Waals surface area (Å²) < 4.78 is 13.3. The molecule has 0 radical (unpaired) electrons. The highest BCUT2D eigenvalue weighted by Crippen LogP contribution is 2.37. The summed E-state index contributed by atoms with van der Waals surface area (Å²) in [6.07, 6.45) is 2.04. The average Bonchev–Trinajstić information content (AvgIpc) is 2.88. The van der Waals surface area contributed by atoms with E-state index in [2.05, 4.69) is 12.2 Å². The minimum Gasteiger partial charge on any atom is -0.338 e. The number of carbonyl (C=O) groups is 1. The molecular weight excluding hydrogens is 263 g/mol. The van der Waals surface area contributed by atoms with Gasteiger partial charge >= 0.3 is 6.03 Å². The maximum atomic E-state index is 13.3. The van der Waals surface area contributed by atoms with Crippen LogP contribution in [0.2, 0.25) is 0 Å². The number of urea groups is 1. The average molecular weight is 282 g/mol. The number of amides is 2. The van der Waals surface area contributed by atoms with Crippen LogP contribution in [-0.4, -0.2) is 29.8 Å². The fraction of sp³-hybridized carbons (Fsp3) is 0.500. The first-order chi connectivity index (χ1) is 9.22. The van der Waals surface area contributed by atoms with E-state index in [0.29, 0.717) is 13.1 Å². The molecule has 3 nitrogen and oxygen atoms in total.